The molecule has 0 aliphatic rings. The number of hydrogen-bond donors (Lipinski definition) is 2. The third kappa shape index (κ3) is 76.8. The molecule has 0 spiro atoms. The lowest BCUT2D eigenvalue weighted by Gasteiger charge is -2.19. The predicted octanol–water partition coefficient (Wildman–Crippen LogP) is 25.8. The first-order valence-corrected chi connectivity index (χ1v) is 39.8. The number of unbranched alkanes of at least 4 members (excludes halogenated alkanes) is 34. The van der Waals surface area contributed by atoms with Crippen LogP contribution in [-0.2, 0) is 32.7 Å². The first kappa shape index (κ1) is 88.9. The minimum Gasteiger partial charge on any atom is -0.462 e. The van der Waals surface area contributed by atoms with E-state index in [-0.39, 0.29) is 32.6 Å². The average Bonchev–Trinajstić information content (AvgIpc) is 3.60. The van der Waals surface area contributed by atoms with E-state index < -0.39 is 32.5 Å². The van der Waals surface area contributed by atoms with E-state index in [0.29, 0.717) is 6.42 Å². The van der Waals surface area contributed by atoms with Crippen molar-refractivity contribution in [2.24, 2.45) is 5.73 Å². The zero-order valence-corrected chi connectivity index (χ0v) is 60.8. The number of phosphoric acid groups is 1. The molecule has 0 aliphatic heterocycles. The fourth-order valence-electron chi connectivity index (χ4n) is 10.6. The van der Waals surface area contributed by atoms with Gasteiger partial charge in [-0.15, -0.1) is 0 Å². The van der Waals surface area contributed by atoms with Crippen LogP contribution >= 0.6 is 7.82 Å². The Balaban J connectivity index is 3.96. The summed E-state index contributed by atoms with van der Waals surface area (Å²) in [6.45, 7) is 3.61. The van der Waals surface area contributed by atoms with Crippen LogP contribution in [0.5, 0.6) is 0 Å². The fraction of sp³-hybridized carbons (Fsp3) is 0.687. The molecule has 9 nitrogen and oxygen atoms in total. The van der Waals surface area contributed by atoms with Crippen LogP contribution in [-0.4, -0.2) is 49.3 Å². The predicted molar refractivity (Wildman–Crippen MR) is 404 cm³/mol. The number of esters is 2. The molecule has 0 bridgehead atoms. The summed E-state index contributed by atoms with van der Waals surface area (Å²) in [5, 5.41) is 0. The van der Waals surface area contributed by atoms with E-state index in [0.717, 1.165) is 109 Å². The molecule has 0 saturated heterocycles. The van der Waals surface area contributed by atoms with E-state index in [1.807, 2.05) is 0 Å². The van der Waals surface area contributed by atoms with Gasteiger partial charge in [0.15, 0.2) is 6.10 Å². The monoisotopic (exact) mass is 1310 g/mol. The van der Waals surface area contributed by atoms with Crippen LogP contribution in [0.2, 0.25) is 0 Å². The average molecular weight is 1310 g/mol. The maximum Gasteiger partial charge on any atom is 0.472 e. The van der Waals surface area contributed by atoms with Gasteiger partial charge in [-0.3, -0.25) is 18.6 Å². The van der Waals surface area contributed by atoms with Crippen molar-refractivity contribution in [1.29, 1.82) is 0 Å². The molecule has 0 aromatic rings. The summed E-state index contributed by atoms with van der Waals surface area (Å²) < 4.78 is 33.2. The Morgan fingerprint density at radius 3 is 0.882 bits per heavy atom. The molecule has 0 aromatic carbocycles. The Bertz CT molecular complexity index is 2040. The summed E-state index contributed by atoms with van der Waals surface area (Å²) in [5.74, 6) is -0.876. The molecule has 0 aliphatic carbocycles. The van der Waals surface area contributed by atoms with Gasteiger partial charge in [0.25, 0.3) is 0 Å². The molecule has 2 atom stereocenters. The Morgan fingerprint density at radius 1 is 0.333 bits per heavy atom. The highest BCUT2D eigenvalue weighted by Gasteiger charge is 2.26. The standard InChI is InChI=1S/C83H142NO8P/c1-3-5-7-9-11-13-15-17-19-21-23-25-27-29-31-33-35-37-38-39-40-41-42-44-46-48-50-52-54-56-58-60-62-64-66-68-70-72-74-76-83(86)92-81(80-91-93(87,88)90-78-77-84)79-89-82(85)75-73-71-69-67-65-63-61-59-57-55-53-51-49-47-45-43-36-34-32-30-28-26-24-22-20-18-16-14-12-10-8-6-4-2/h5,7,11,13,17,19,23,25,29,31,35,37,39-40,42,44,48,50,54,56,60,62,66,68,81H,3-4,6,8-10,12,14-16,18,20-22,24,26-28,30,32-34,36,38,41,43,45-47,49,51-53,55,57-59,61,63-65,67,69-80,84H2,1-2H3,(H,87,88)/b7-5-,13-11-,19-17-,25-23-,31-29-,37-35-,40-39-,44-42-,50-48-,56-54-,62-60-,68-66-. The van der Waals surface area contributed by atoms with Crippen LogP contribution in [0.25, 0.3) is 0 Å². The number of nitrogens with two attached hydrogens (primary N) is 1. The Labute approximate surface area is 573 Å². The molecule has 93 heavy (non-hydrogen) atoms. The molecule has 0 amide bonds. The molecule has 0 fully saturated rings. The molecular formula is C83H142NO8P. The Hall–Kier alpha value is -4.11. The lowest BCUT2D eigenvalue weighted by molar-refractivity contribution is -0.161. The second-order valence-corrected chi connectivity index (χ2v) is 26.6. The summed E-state index contributed by atoms with van der Waals surface area (Å²) in [6, 6.07) is 0. The second kappa shape index (κ2) is 76.9. The number of ether oxygens (including phenoxy) is 2. The van der Waals surface area contributed by atoms with Gasteiger partial charge in [-0.25, -0.2) is 4.57 Å². The number of hydrogen-bond acceptors (Lipinski definition) is 8. The third-order valence-corrected chi connectivity index (χ3v) is 17.2. The van der Waals surface area contributed by atoms with Crippen molar-refractivity contribution < 1.29 is 37.6 Å². The first-order valence-electron chi connectivity index (χ1n) is 38.3. The Morgan fingerprint density at radius 2 is 0.591 bits per heavy atom. The van der Waals surface area contributed by atoms with Crippen molar-refractivity contribution in [1.82, 2.24) is 0 Å². The van der Waals surface area contributed by atoms with E-state index in [9.17, 15) is 19.0 Å². The minimum atomic E-state index is -4.42. The molecule has 3 N–H and O–H groups in total. The van der Waals surface area contributed by atoms with Crippen molar-refractivity contribution in [2.45, 2.75) is 341 Å². The lowest BCUT2D eigenvalue weighted by Crippen LogP contribution is -2.29. The van der Waals surface area contributed by atoms with Gasteiger partial charge in [0.2, 0.25) is 0 Å². The van der Waals surface area contributed by atoms with Crippen LogP contribution in [0.1, 0.15) is 335 Å². The molecule has 0 aromatic heterocycles. The van der Waals surface area contributed by atoms with Gasteiger partial charge in [0.1, 0.15) is 6.61 Å². The fourth-order valence-corrected chi connectivity index (χ4v) is 11.4. The van der Waals surface area contributed by atoms with Gasteiger partial charge < -0.3 is 20.1 Å². The molecule has 2 unspecified atom stereocenters. The Kier molecular flexibility index (Phi) is 73.5. The summed E-state index contributed by atoms with van der Waals surface area (Å²) in [5.41, 5.74) is 5.40. The van der Waals surface area contributed by atoms with Crippen LogP contribution in [0.4, 0.5) is 0 Å². The highest BCUT2D eigenvalue weighted by Crippen LogP contribution is 2.43. The van der Waals surface area contributed by atoms with E-state index in [2.05, 4.69) is 160 Å². The summed E-state index contributed by atoms with van der Waals surface area (Å²) >= 11 is 0. The van der Waals surface area contributed by atoms with Crippen molar-refractivity contribution in [2.75, 3.05) is 26.4 Å². The highest BCUT2D eigenvalue weighted by atomic mass is 31.2. The van der Waals surface area contributed by atoms with Gasteiger partial charge in [0.05, 0.1) is 13.2 Å². The van der Waals surface area contributed by atoms with Crippen molar-refractivity contribution in [3.05, 3.63) is 146 Å². The molecule has 0 radical (unpaired) electrons. The van der Waals surface area contributed by atoms with Crippen molar-refractivity contribution >= 4 is 19.8 Å². The second-order valence-electron chi connectivity index (χ2n) is 25.1. The van der Waals surface area contributed by atoms with Crippen LogP contribution in [0.3, 0.4) is 0 Å². The van der Waals surface area contributed by atoms with E-state index in [4.69, 9.17) is 24.3 Å². The summed E-state index contributed by atoms with van der Waals surface area (Å²) in [4.78, 5) is 35.4. The first-order chi connectivity index (χ1) is 45.8. The molecule has 10 heteroatoms. The van der Waals surface area contributed by atoms with Gasteiger partial charge in [-0.1, -0.05) is 365 Å². The van der Waals surface area contributed by atoms with Gasteiger partial charge in [-0.05, 0) is 103 Å². The number of rotatable bonds is 71. The van der Waals surface area contributed by atoms with Gasteiger partial charge in [0, 0.05) is 19.4 Å². The zero-order chi connectivity index (χ0) is 67.2. The van der Waals surface area contributed by atoms with Crippen LogP contribution < -0.4 is 5.73 Å². The topological polar surface area (TPSA) is 134 Å². The van der Waals surface area contributed by atoms with Crippen LogP contribution in [0, 0.1) is 0 Å². The number of carbonyl (C=O) groups is 2. The van der Waals surface area contributed by atoms with Gasteiger partial charge in [-0.2, -0.15) is 0 Å². The summed E-state index contributed by atoms with van der Waals surface area (Å²) in [6.07, 6.45) is 111. The van der Waals surface area contributed by atoms with E-state index in [1.54, 1.807) is 0 Å². The molecule has 0 saturated carbocycles. The molecule has 0 heterocycles. The zero-order valence-electron chi connectivity index (χ0n) is 59.9. The van der Waals surface area contributed by atoms with E-state index in [1.165, 1.54) is 193 Å². The maximum absolute atomic E-state index is 12.8. The normalized spacial score (nSPS) is 13.7. The minimum absolute atomic E-state index is 0.0402. The van der Waals surface area contributed by atoms with Crippen molar-refractivity contribution in [3.8, 4) is 0 Å². The third-order valence-electron chi connectivity index (χ3n) is 16.2. The quantitative estimate of drug-likeness (QED) is 0.0264. The SMILES string of the molecule is CC/C=C\C/C=C\C/C=C\C/C=C\C/C=C\C/C=C\C/C=C\C/C=C\C/C=C\C/C=C\C/C=C\C/C=C\CCCCC(=O)OC(COC(=O)CCCCCCCCCCCCCCCCCCCCCCCCCCCCCCCCCCC)COP(=O)(O)OCCN. The van der Waals surface area contributed by atoms with Crippen LogP contribution in [0.15, 0.2) is 146 Å². The maximum atomic E-state index is 12.8. The van der Waals surface area contributed by atoms with E-state index >= 15 is 0 Å². The van der Waals surface area contributed by atoms with Crippen molar-refractivity contribution in [3.63, 3.8) is 0 Å². The smallest absolute Gasteiger partial charge is 0.462 e. The lowest BCUT2D eigenvalue weighted by atomic mass is 10.0. The summed E-state index contributed by atoms with van der Waals surface area (Å²) in [7, 11) is -4.42. The number of allylic oxidation sites excluding steroid dienone is 24. The molecule has 0 rings (SSSR count). The van der Waals surface area contributed by atoms with Gasteiger partial charge >= 0.3 is 19.8 Å². The number of carbonyl (C=O) groups excluding carboxylic acids is 2. The highest BCUT2D eigenvalue weighted by molar-refractivity contribution is 7.47. The molecular weight excluding hydrogens is 1170 g/mol. The number of phosphoric ester groups is 1. The molecule has 532 valence electrons. The largest absolute Gasteiger partial charge is 0.472 e.